The topological polar surface area (TPSA) is 29.5 Å². The van der Waals surface area contributed by atoms with Crippen LogP contribution in [0.2, 0.25) is 0 Å². The van der Waals surface area contributed by atoms with Crippen LogP contribution in [-0.2, 0) is 9.53 Å². The van der Waals surface area contributed by atoms with Gasteiger partial charge in [-0.25, -0.2) is 0 Å². The number of carbonyl (C=O) groups excluding carboxylic acids is 1. The molecule has 0 bridgehead atoms. The van der Waals surface area contributed by atoms with E-state index >= 15 is 0 Å². The van der Waals surface area contributed by atoms with Gasteiger partial charge in [0.2, 0.25) is 0 Å². The highest BCUT2D eigenvalue weighted by Crippen LogP contribution is 2.33. The quantitative estimate of drug-likeness (QED) is 0.610. The summed E-state index contributed by atoms with van der Waals surface area (Å²) in [5.41, 5.74) is 0. The van der Waals surface area contributed by atoms with Gasteiger partial charge >= 0.3 is 5.97 Å². The van der Waals surface area contributed by atoms with E-state index in [-0.39, 0.29) is 12.0 Å². The molecule has 1 aliphatic carbocycles. The molecule has 74 valence electrons. The summed E-state index contributed by atoms with van der Waals surface area (Å²) in [6.45, 7) is 2.16. The van der Waals surface area contributed by atoms with Gasteiger partial charge in [-0.15, -0.1) is 0 Å². The zero-order valence-electron chi connectivity index (χ0n) is 8.16. The SMILES string of the molecule is COC(=O)C1CCN1CCC1CC1. The van der Waals surface area contributed by atoms with Crippen molar-refractivity contribution in [3.05, 3.63) is 0 Å². The molecular formula is C10H17NO2. The van der Waals surface area contributed by atoms with Crippen molar-refractivity contribution in [3.8, 4) is 0 Å². The van der Waals surface area contributed by atoms with E-state index in [0.29, 0.717) is 0 Å². The Morgan fingerprint density at radius 1 is 1.46 bits per heavy atom. The van der Waals surface area contributed by atoms with Crippen LogP contribution in [0.1, 0.15) is 25.7 Å². The van der Waals surface area contributed by atoms with Gasteiger partial charge in [-0.1, -0.05) is 12.8 Å². The van der Waals surface area contributed by atoms with Gasteiger partial charge in [0.1, 0.15) is 6.04 Å². The van der Waals surface area contributed by atoms with Gasteiger partial charge in [0, 0.05) is 6.54 Å². The summed E-state index contributed by atoms with van der Waals surface area (Å²) >= 11 is 0. The first-order chi connectivity index (χ1) is 6.31. The van der Waals surface area contributed by atoms with E-state index in [4.69, 9.17) is 4.74 Å². The lowest BCUT2D eigenvalue weighted by molar-refractivity contribution is -0.151. The van der Waals surface area contributed by atoms with Gasteiger partial charge in [0.05, 0.1) is 7.11 Å². The highest BCUT2D eigenvalue weighted by Gasteiger charge is 2.35. The highest BCUT2D eigenvalue weighted by molar-refractivity contribution is 5.76. The van der Waals surface area contributed by atoms with Crippen LogP contribution >= 0.6 is 0 Å². The van der Waals surface area contributed by atoms with E-state index in [9.17, 15) is 4.79 Å². The number of rotatable bonds is 4. The minimum Gasteiger partial charge on any atom is -0.468 e. The van der Waals surface area contributed by atoms with E-state index < -0.39 is 0 Å². The Morgan fingerprint density at radius 3 is 2.69 bits per heavy atom. The third kappa shape index (κ3) is 2.02. The number of hydrogen-bond donors (Lipinski definition) is 0. The summed E-state index contributed by atoms with van der Waals surface area (Å²) in [6, 6.07) is 0.0729. The van der Waals surface area contributed by atoms with Crippen LogP contribution in [0.25, 0.3) is 0 Å². The number of hydrogen-bond acceptors (Lipinski definition) is 3. The van der Waals surface area contributed by atoms with Crippen molar-refractivity contribution in [1.29, 1.82) is 0 Å². The fraction of sp³-hybridized carbons (Fsp3) is 0.900. The molecule has 1 atom stereocenters. The maximum absolute atomic E-state index is 11.2. The number of likely N-dealkylation sites (tertiary alicyclic amines) is 1. The van der Waals surface area contributed by atoms with E-state index in [1.807, 2.05) is 0 Å². The zero-order chi connectivity index (χ0) is 9.26. The Kier molecular flexibility index (Phi) is 2.54. The van der Waals surface area contributed by atoms with Crippen molar-refractivity contribution in [1.82, 2.24) is 4.90 Å². The van der Waals surface area contributed by atoms with E-state index in [0.717, 1.165) is 25.4 Å². The molecule has 0 aromatic heterocycles. The molecule has 0 aromatic rings. The minimum absolute atomic E-state index is 0.0537. The summed E-state index contributed by atoms with van der Waals surface area (Å²) < 4.78 is 4.73. The van der Waals surface area contributed by atoms with Gasteiger partial charge in [-0.05, 0) is 25.3 Å². The predicted molar refractivity (Wildman–Crippen MR) is 49.3 cm³/mol. The van der Waals surface area contributed by atoms with E-state index in [1.165, 1.54) is 26.4 Å². The molecule has 3 heteroatoms. The van der Waals surface area contributed by atoms with Crippen molar-refractivity contribution < 1.29 is 9.53 Å². The van der Waals surface area contributed by atoms with Gasteiger partial charge in [0.25, 0.3) is 0 Å². The second-order valence-electron chi connectivity index (χ2n) is 4.10. The van der Waals surface area contributed by atoms with Crippen molar-refractivity contribution in [3.63, 3.8) is 0 Å². The average molecular weight is 183 g/mol. The average Bonchev–Trinajstić information content (AvgIpc) is 2.86. The second-order valence-corrected chi connectivity index (χ2v) is 4.10. The van der Waals surface area contributed by atoms with Crippen LogP contribution in [0, 0.1) is 5.92 Å². The molecule has 1 saturated heterocycles. The number of ether oxygens (including phenoxy) is 1. The monoisotopic (exact) mass is 183 g/mol. The van der Waals surface area contributed by atoms with Crippen LogP contribution in [0.4, 0.5) is 0 Å². The van der Waals surface area contributed by atoms with Gasteiger partial charge < -0.3 is 4.74 Å². The maximum atomic E-state index is 11.2. The molecule has 1 aliphatic heterocycles. The summed E-state index contributed by atoms with van der Waals surface area (Å²) in [4.78, 5) is 13.4. The third-order valence-electron chi connectivity index (χ3n) is 3.13. The molecule has 0 N–H and O–H groups in total. The lowest BCUT2D eigenvalue weighted by atomic mass is 10.0. The summed E-state index contributed by atoms with van der Waals surface area (Å²) in [7, 11) is 1.47. The first-order valence-electron chi connectivity index (χ1n) is 5.13. The molecular weight excluding hydrogens is 166 g/mol. The lowest BCUT2D eigenvalue weighted by Gasteiger charge is -2.38. The Balaban J connectivity index is 1.70. The Labute approximate surface area is 79.0 Å². The van der Waals surface area contributed by atoms with Crippen LogP contribution < -0.4 is 0 Å². The maximum Gasteiger partial charge on any atom is 0.323 e. The smallest absolute Gasteiger partial charge is 0.323 e. The van der Waals surface area contributed by atoms with Crippen molar-refractivity contribution in [2.45, 2.75) is 31.7 Å². The first kappa shape index (κ1) is 9.00. The summed E-state index contributed by atoms with van der Waals surface area (Å²) in [5, 5.41) is 0. The normalized spacial score (nSPS) is 28.2. The summed E-state index contributed by atoms with van der Waals surface area (Å²) in [6.07, 6.45) is 5.05. The molecule has 2 rings (SSSR count). The van der Waals surface area contributed by atoms with E-state index in [2.05, 4.69) is 4.90 Å². The number of carbonyl (C=O) groups is 1. The minimum atomic E-state index is -0.0537. The molecule has 0 radical (unpaired) electrons. The van der Waals surface area contributed by atoms with E-state index in [1.54, 1.807) is 0 Å². The molecule has 1 heterocycles. The third-order valence-corrected chi connectivity index (χ3v) is 3.13. The first-order valence-corrected chi connectivity index (χ1v) is 5.13. The molecule has 2 aliphatic rings. The van der Waals surface area contributed by atoms with Crippen molar-refractivity contribution in [2.24, 2.45) is 5.92 Å². The Hall–Kier alpha value is -0.570. The molecule has 3 nitrogen and oxygen atoms in total. The molecule has 1 unspecified atom stereocenters. The van der Waals surface area contributed by atoms with Crippen LogP contribution in [0.15, 0.2) is 0 Å². The fourth-order valence-corrected chi connectivity index (χ4v) is 1.87. The Bertz CT molecular complexity index is 201. The highest BCUT2D eigenvalue weighted by atomic mass is 16.5. The largest absolute Gasteiger partial charge is 0.468 e. The number of methoxy groups -OCH3 is 1. The van der Waals surface area contributed by atoms with Crippen molar-refractivity contribution in [2.75, 3.05) is 20.2 Å². The molecule has 1 saturated carbocycles. The molecule has 0 aromatic carbocycles. The number of esters is 1. The van der Waals surface area contributed by atoms with Crippen LogP contribution in [0.3, 0.4) is 0 Å². The standard InChI is InChI=1S/C10H17NO2/c1-13-10(12)9-5-7-11(9)6-4-8-2-3-8/h8-9H,2-7H2,1H3. The molecule has 2 fully saturated rings. The summed E-state index contributed by atoms with van der Waals surface area (Å²) in [5.74, 6) is 0.904. The lowest BCUT2D eigenvalue weighted by Crippen LogP contribution is -2.53. The second kappa shape index (κ2) is 3.66. The van der Waals surface area contributed by atoms with Crippen molar-refractivity contribution >= 4 is 5.97 Å². The molecule has 0 amide bonds. The Morgan fingerprint density at radius 2 is 2.23 bits per heavy atom. The fourth-order valence-electron chi connectivity index (χ4n) is 1.87. The van der Waals surface area contributed by atoms with Gasteiger partial charge in [-0.2, -0.15) is 0 Å². The van der Waals surface area contributed by atoms with Gasteiger partial charge in [-0.3, -0.25) is 9.69 Å². The van der Waals surface area contributed by atoms with Gasteiger partial charge in [0.15, 0.2) is 0 Å². The molecule has 13 heavy (non-hydrogen) atoms. The molecule has 0 spiro atoms. The zero-order valence-corrected chi connectivity index (χ0v) is 8.16. The number of nitrogens with zero attached hydrogens (tertiary/aromatic N) is 1. The predicted octanol–water partition coefficient (Wildman–Crippen LogP) is 1.03. The van der Waals surface area contributed by atoms with Crippen LogP contribution in [0.5, 0.6) is 0 Å². The van der Waals surface area contributed by atoms with Crippen LogP contribution in [-0.4, -0.2) is 37.1 Å².